The van der Waals surface area contributed by atoms with Crippen LogP contribution in [0.15, 0.2) is 114 Å². The monoisotopic (exact) mass is 462 g/mol. The molecule has 0 aliphatic heterocycles. The highest BCUT2D eigenvalue weighted by Gasteiger charge is 2.26. The number of hydrogen-bond donors (Lipinski definition) is 1. The van der Waals surface area contributed by atoms with Gasteiger partial charge in [-0.3, -0.25) is 14.4 Å². The number of pyridine rings is 1. The SMILES string of the molecule is O=C(Cn1c2ccccc2c(=O)c2ccccc21)OC(C(=O)Nc1ccccc1)c1ccccc1. The van der Waals surface area contributed by atoms with Gasteiger partial charge in [-0.25, -0.2) is 0 Å². The molecule has 1 aromatic heterocycles. The number of hydrogen-bond acceptors (Lipinski definition) is 4. The van der Waals surface area contributed by atoms with Gasteiger partial charge in [0.1, 0.15) is 6.54 Å². The van der Waals surface area contributed by atoms with Crippen LogP contribution < -0.4 is 10.7 Å². The van der Waals surface area contributed by atoms with Crippen molar-refractivity contribution >= 4 is 39.4 Å². The smallest absolute Gasteiger partial charge is 0.327 e. The molecule has 6 nitrogen and oxygen atoms in total. The third-order valence-corrected chi connectivity index (χ3v) is 5.80. The summed E-state index contributed by atoms with van der Waals surface area (Å²) in [6.07, 6.45) is -1.14. The van der Waals surface area contributed by atoms with Gasteiger partial charge in [0.25, 0.3) is 5.91 Å². The molecule has 0 radical (unpaired) electrons. The predicted octanol–water partition coefficient (Wildman–Crippen LogP) is 5.08. The van der Waals surface area contributed by atoms with Gasteiger partial charge in [0, 0.05) is 22.0 Å². The van der Waals surface area contributed by atoms with Crippen LogP contribution in [0.25, 0.3) is 21.8 Å². The summed E-state index contributed by atoms with van der Waals surface area (Å²) >= 11 is 0. The Morgan fingerprint density at radius 2 is 1.23 bits per heavy atom. The number of anilines is 1. The first-order chi connectivity index (χ1) is 17.1. The molecule has 1 atom stereocenters. The van der Waals surface area contributed by atoms with Crippen LogP contribution in [0.2, 0.25) is 0 Å². The molecule has 172 valence electrons. The van der Waals surface area contributed by atoms with Crippen molar-refractivity contribution in [1.29, 1.82) is 0 Å². The molecular weight excluding hydrogens is 440 g/mol. The third-order valence-electron chi connectivity index (χ3n) is 5.80. The molecule has 1 amide bonds. The van der Waals surface area contributed by atoms with Crippen LogP contribution in [0.3, 0.4) is 0 Å². The van der Waals surface area contributed by atoms with Gasteiger partial charge in [-0.15, -0.1) is 0 Å². The zero-order chi connectivity index (χ0) is 24.2. The standard InChI is InChI=1S/C29H22N2O4/c32-26(19-31-24-17-9-7-15-22(24)27(33)23-16-8-10-18-25(23)31)35-28(20-11-3-1-4-12-20)29(34)30-21-13-5-2-6-14-21/h1-18,28H,19H2,(H,30,34). The lowest BCUT2D eigenvalue weighted by Crippen LogP contribution is -2.27. The first-order valence-electron chi connectivity index (χ1n) is 11.2. The molecule has 0 saturated heterocycles. The van der Waals surface area contributed by atoms with E-state index < -0.39 is 18.0 Å². The summed E-state index contributed by atoms with van der Waals surface area (Å²) in [5, 5.41) is 3.84. The molecule has 0 fully saturated rings. The number of nitrogens with one attached hydrogen (secondary N) is 1. The van der Waals surface area contributed by atoms with Crippen LogP contribution in [-0.2, 0) is 20.9 Å². The fourth-order valence-electron chi connectivity index (χ4n) is 4.18. The van der Waals surface area contributed by atoms with Crippen molar-refractivity contribution in [3.05, 3.63) is 125 Å². The minimum absolute atomic E-state index is 0.0924. The quantitative estimate of drug-likeness (QED) is 0.282. The highest BCUT2D eigenvalue weighted by molar-refractivity contribution is 5.97. The number of fused-ring (bicyclic) bond motifs is 2. The maximum Gasteiger partial charge on any atom is 0.327 e. The van der Waals surface area contributed by atoms with E-state index in [9.17, 15) is 14.4 Å². The van der Waals surface area contributed by atoms with E-state index in [1.54, 1.807) is 77.4 Å². The number of nitrogens with zero attached hydrogens (tertiary/aromatic N) is 1. The van der Waals surface area contributed by atoms with Gasteiger partial charge in [0.2, 0.25) is 6.10 Å². The Hall–Kier alpha value is -4.71. The fraction of sp³-hybridized carbons (Fsp3) is 0.0690. The molecular formula is C29H22N2O4. The summed E-state index contributed by atoms with van der Waals surface area (Å²) in [4.78, 5) is 39.3. The molecule has 0 spiro atoms. The topological polar surface area (TPSA) is 77.4 Å². The number of benzene rings is 4. The summed E-state index contributed by atoms with van der Waals surface area (Å²) in [7, 11) is 0. The molecule has 1 unspecified atom stereocenters. The number of aromatic nitrogens is 1. The largest absolute Gasteiger partial charge is 0.446 e. The van der Waals surface area contributed by atoms with Gasteiger partial charge in [0.15, 0.2) is 5.43 Å². The molecule has 5 rings (SSSR count). The van der Waals surface area contributed by atoms with Crippen molar-refractivity contribution in [3.8, 4) is 0 Å². The number of carbonyl (C=O) groups excluding carboxylic acids is 2. The molecule has 1 heterocycles. The van der Waals surface area contributed by atoms with Crippen LogP contribution in [0.5, 0.6) is 0 Å². The molecule has 0 saturated carbocycles. The van der Waals surface area contributed by atoms with Crippen molar-refractivity contribution < 1.29 is 14.3 Å². The second-order valence-corrected chi connectivity index (χ2v) is 8.09. The summed E-state index contributed by atoms with van der Waals surface area (Å²) < 4.78 is 7.51. The predicted molar refractivity (Wildman–Crippen MR) is 136 cm³/mol. The molecule has 0 aliphatic rings. The van der Waals surface area contributed by atoms with E-state index in [0.29, 0.717) is 33.1 Å². The number of carbonyl (C=O) groups is 2. The van der Waals surface area contributed by atoms with Gasteiger partial charge >= 0.3 is 5.97 Å². The van der Waals surface area contributed by atoms with E-state index in [-0.39, 0.29) is 12.0 Å². The van der Waals surface area contributed by atoms with E-state index >= 15 is 0 Å². The van der Waals surface area contributed by atoms with Gasteiger partial charge in [-0.05, 0) is 36.4 Å². The minimum atomic E-state index is -1.14. The minimum Gasteiger partial charge on any atom is -0.446 e. The van der Waals surface area contributed by atoms with E-state index in [1.807, 2.05) is 36.4 Å². The number of rotatable bonds is 6. The molecule has 0 aliphatic carbocycles. The third kappa shape index (κ3) is 4.54. The summed E-state index contributed by atoms with van der Waals surface area (Å²) in [5.41, 5.74) is 2.32. The van der Waals surface area contributed by atoms with Crippen molar-refractivity contribution in [2.75, 3.05) is 5.32 Å². The van der Waals surface area contributed by atoms with E-state index in [2.05, 4.69) is 5.32 Å². The summed E-state index contributed by atoms with van der Waals surface area (Å²) in [5.74, 6) is -1.05. The van der Waals surface area contributed by atoms with E-state index in [1.165, 1.54) is 0 Å². The molecule has 6 heteroatoms. The lowest BCUT2D eigenvalue weighted by Gasteiger charge is -2.20. The first kappa shape index (κ1) is 22.1. The van der Waals surface area contributed by atoms with E-state index in [0.717, 1.165) is 0 Å². The lowest BCUT2D eigenvalue weighted by molar-refractivity contribution is -0.155. The van der Waals surface area contributed by atoms with Crippen molar-refractivity contribution in [1.82, 2.24) is 4.57 Å². The first-order valence-corrected chi connectivity index (χ1v) is 11.2. The van der Waals surface area contributed by atoms with Crippen LogP contribution in [0.1, 0.15) is 11.7 Å². The Morgan fingerprint density at radius 3 is 1.83 bits per heavy atom. The molecule has 1 N–H and O–H groups in total. The van der Waals surface area contributed by atoms with Crippen molar-refractivity contribution in [2.24, 2.45) is 0 Å². The molecule has 35 heavy (non-hydrogen) atoms. The van der Waals surface area contributed by atoms with Gasteiger partial charge in [-0.1, -0.05) is 72.8 Å². The Kier molecular flexibility index (Phi) is 6.09. The maximum atomic E-state index is 13.2. The Morgan fingerprint density at radius 1 is 0.714 bits per heavy atom. The van der Waals surface area contributed by atoms with Crippen LogP contribution >= 0.6 is 0 Å². The molecule has 0 bridgehead atoms. The Bertz CT molecular complexity index is 1520. The Balaban J connectivity index is 1.49. The normalized spacial score (nSPS) is 11.8. The molecule has 4 aromatic carbocycles. The number of amides is 1. The number of esters is 1. The van der Waals surface area contributed by atoms with Crippen LogP contribution in [0.4, 0.5) is 5.69 Å². The highest BCUT2D eigenvalue weighted by Crippen LogP contribution is 2.23. The maximum absolute atomic E-state index is 13.2. The van der Waals surface area contributed by atoms with E-state index in [4.69, 9.17) is 4.74 Å². The number of ether oxygens (including phenoxy) is 1. The second-order valence-electron chi connectivity index (χ2n) is 8.09. The zero-order valence-corrected chi connectivity index (χ0v) is 18.8. The van der Waals surface area contributed by atoms with Crippen molar-refractivity contribution in [3.63, 3.8) is 0 Å². The zero-order valence-electron chi connectivity index (χ0n) is 18.8. The van der Waals surface area contributed by atoms with Gasteiger partial charge in [0.05, 0.1) is 11.0 Å². The average Bonchev–Trinajstić information content (AvgIpc) is 2.90. The van der Waals surface area contributed by atoms with Gasteiger partial charge < -0.3 is 14.6 Å². The van der Waals surface area contributed by atoms with Crippen molar-refractivity contribution in [2.45, 2.75) is 12.6 Å². The summed E-state index contributed by atoms with van der Waals surface area (Å²) in [6, 6.07) is 32.2. The van der Waals surface area contributed by atoms with Crippen LogP contribution in [0, 0.1) is 0 Å². The number of para-hydroxylation sites is 3. The second kappa shape index (κ2) is 9.65. The fourth-order valence-corrected chi connectivity index (χ4v) is 4.18. The Labute approximate surface area is 201 Å². The average molecular weight is 463 g/mol. The van der Waals surface area contributed by atoms with Crippen LogP contribution in [-0.4, -0.2) is 16.4 Å². The lowest BCUT2D eigenvalue weighted by atomic mass is 10.1. The summed E-state index contributed by atoms with van der Waals surface area (Å²) in [6.45, 7) is -0.163. The highest BCUT2D eigenvalue weighted by atomic mass is 16.5. The molecule has 5 aromatic rings. The van der Waals surface area contributed by atoms with Gasteiger partial charge in [-0.2, -0.15) is 0 Å².